The Kier molecular flexibility index (Phi) is 10.2. The third kappa shape index (κ3) is 7.26. The minimum Gasteiger partial charge on any atom is -0.507 e. The Labute approximate surface area is 335 Å². The monoisotopic (exact) mass is 767 g/mol. The zero-order chi connectivity index (χ0) is 39.1. The molecule has 1 aromatic heterocycles. The topological polar surface area (TPSA) is 122 Å². The third-order valence-electron chi connectivity index (χ3n) is 13.8. The maximum atomic E-state index is 15.2. The van der Waals surface area contributed by atoms with Crippen LogP contribution >= 0.6 is 0 Å². The summed E-state index contributed by atoms with van der Waals surface area (Å²) in [4.78, 5) is 48.9. The highest BCUT2D eigenvalue weighted by molar-refractivity contribution is 6.01. The first-order chi connectivity index (χ1) is 27.8. The number of likely N-dealkylation sites (tertiary alicyclic amines) is 2. The number of imide groups is 1. The number of piperidine rings is 3. The molecule has 0 saturated carbocycles. The highest BCUT2D eigenvalue weighted by Gasteiger charge is 2.53. The van der Waals surface area contributed by atoms with Crippen LogP contribution in [0.15, 0.2) is 91.1 Å². The van der Waals surface area contributed by atoms with E-state index in [0.29, 0.717) is 48.8 Å². The van der Waals surface area contributed by atoms with Crippen molar-refractivity contribution >= 4 is 29.1 Å². The number of benzene rings is 3. The van der Waals surface area contributed by atoms with E-state index < -0.39 is 5.41 Å². The Hall–Kier alpha value is -5.29. The summed E-state index contributed by atoms with van der Waals surface area (Å²) in [6.07, 6.45) is 7.49. The molecule has 4 atom stereocenters. The van der Waals surface area contributed by atoms with Gasteiger partial charge in [0.25, 0.3) is 0 Å². The Morgan fingerprint density at radius 2 is 1.58 bits per heavy atom. The highest BCUT2D eigenvalue weighted by atomic mass is 16.3. The predicted octanol–water partition coefficient (Wildman–Crippen LogP) is 5.75. The second kappa shape index (κ2) is 15.6. The smallest absolute Gasteiger partial charge is 0.234 e. The van der Waals surface area contributed by atoms with Crippen LogP contribution in [0.25, 0.3) is 11.3 Å². The molecule has 0 spiro atoms. The largest absolute Gasteiger partial charge is 0.507 e. The van der Waals surface area contributed by atoms with E-state index in [0.717, 1.165) is 81.9 Å². The Balaban J connectivity index is 0.836. The van der Waals surface area contributed by atoms with Gasteiger partial charge in [-0.05, 0) is 98.7 Å². The van der Waals surface area contributed by atoms with E-state index in [2.05, 4.69) is 90.6 Å². The fourth-order valence-corrected chi connectivity index (χ4v) is 10.7. The number of carbonyl (C=O) groups is 3. The van der Waals surface area contributed by atoms with Gasteiger partial charge in [0.05, 0.1) is 28.9 Å². The number of hydrogen-bond donors (Lipinski definition) is 2. The van der Waals surface area contributed by atoms with Gasteiger partial charge in [0, 0.05) is 75.6 Å². The van der Waals surface area contributed by atoms with Crippen LogP contribution in [0.3, 0.4) is 0 Å². The van der Waals surface area contributed by atoms with Crippen molar-refractivity contribution in [2.75, 3.05) is 55.6 Å². The molecule has 5 fully saturated rings. The second-order valence-electron chi connectivity index (χ2n) is 17.1. The number of para-hydroxylation sites is 1. The molecule has 11 nitrogen and oxygen atoms in total. The number of carbonyl (C=O) groups excluding carboxylic acids is 3. The zero-order valence-corrected chi connectivity index (χ0v) is 32.8. The molecule has 57 heavy (non-hydrogen) atoms. The number of aromatic nitrogens is 2. The number of hydrogen-bond acceptors (Lipinski definition) is 9. The molecule has 4 aromatic rings. The van der Waals surface area contributed by atoms with Gasteiger partial charge in [-0.2, -0.15) is 10.2 Å². The van der Waals surface area contributed by atoms with Gasteiger partial charge in [-0.25, -0.2) is 0 Å². The third-order valence-corrected chi connectivity index (χ3v) is 13.8. The molecule has 9 rings (SSSR count). The van der Waals surface area contributed by atoms with Crippen molar-refractivity contribution in [1.29, 1.82) is 0 Å². The van der Waals surface area contributed by atoms with Gasteiger partial charge in [0.15, 0.2) is 0 Å². The summed E-state index contributed by atoms with van der Waals surface area (Å²) in [5.74, 6) is 0.961. The molecule has 3 aromatic carbocycles. The van der Waals surface area contributed by atoms with Crippen LogP contribution in [-0.4, -0.2) is 101 Å². The first kappa shape index (κ1) is 37.3. The molecule has 0 radical (unpaired) electrons. The maximum Gasteiger partial charge on any atom is 0.234 e. The molecular formula is C46H53N7O4. The zero-order valence-electron chi connectivity index (χ0n) is 32.8. The average Bonchev–Trinajstić information content (AvgIpc) is 3.76. The predicted molar refractivity (Wildman–Crippen MR) is 220 cm³/mol. The van der Waals surface area contributed by atoms with Gasteiger partial charge in [-0.1, -0.05) is 54.6 Å². The van der Waals surface area contributed by atoms with Crippen LogP contribution in [0.1, 0.15) is 68.9 Å². The van der Waals surface area contributed by atoms with Crippen LogP contribution < -0.4 is 15.1 Å². The van der Waals surface area contributed by atoms with Crippen molar-refractivity contribution in [2.45, 2.75) is 75.3 Å². The molecule has 5 saturated heterocycles. The molecule has 0 bridgehead atoms. The van der Waals surface area contributed by atoms with E-state index in [1.807, 2.05) is 24.3 Å². The molecule has 5 aliphatic heterocycles. The molecule has 3 amide bonds. The molecule has 6 heterocycles. The lowest BCUT2D eigenvalue weighted by Crippen LogP contribution is -2.56. The second-order valence-corrected chi connectivity index (χ2v) is 17.1. The molecule has 5 aliphatic rings. The summed E-state index contributed by atoms with van der Waals surface area (Å²) < 4.78 is 0. The highest BCUT2D eigenvalue weighted by Crippen LogP contribution is 2.44. The number of amides is 3. The first-order valence-corrected chi connectivity index (χ1v) is 20.9. The molecule has 11 heteroatoms. The summed E-state index contributed by atoms with van der Waals surface area (Å²) in [6, 6.07) is 28.5. The number of nitrogens with zero attached hydrogens (tertiary/aromatic N) is 6. The van der Waals surface area contributed by atoms with E-state index in [-0.39, 0.29) is 41.5 Å². The van der Waals surface area contributed by atoms with Gasteiger partial charge in [-0.15, -0.1) is 0 Å². The molecule has 296 valence electrons. The number of anilines is 2. The van der Waals surface area contributed by atoms with E-state index in [9.17, 15) is 14.7 Å². The van der Waals surface area contributed by atoms with E-state index in [1.165, 1.54) is 5.69 Å². The van der Waals surface area contributed by atoms with Crippen LogP contribution in [0, 0.1) is 11.8 Å². The van der Waals surface area contributed by atoms with Crippen molar-refractivity contribution in [3.63, 3.8) is 0 Å². The van der Waals surface area contributed by atoms with Crippen molar-refractivity contribution in [2.24, 2.45) is 11.8 Å². The number of rotatable bonds is 8. The summed E-state index contributed by atoms with van der Waals surface area (Å²) in [5, 5.41) is 21.6. The number of phenols is 1. The van der Waals surface area contributed by atoms with E-state index in [4.69, 9.17) is 0 Å². The van der Waals surface area contributed by atoms with Crippen molar-refractivity contribution < 1.29 is 19.5 Å². The summed E-state index contributed by atoms with van der Waals surface area (Å²) in [5.41, 5.74) is 4.92. The lowest BCUT2D eigenvalue weighted by Gasteiger charge is -2.45. The Bertz CT molecular complexity index is 2100. The minimum atomic E-state index is -0.595. The lowest BCUT2D eigenvalue weighted by molar-refractivity contribution is -0.141. The number of fused-ring (bicyclic) bond motifs is 1. The van der Waals surface area contributed by atoms with Gasteiger partial charge in [-0.3, -0.25) is 19.7 Å². The number of aromatic hydroxyl groups is 1. The van der Waals surface area contributed by atoms with E-state index in [1.54, 1.807) is 18.3 Å². The van der Waals surface area contributed by atoms with Crippen LogP contribution in [0.4, 0.5) is 11.4 Å². The molecule has 0 aliphatic carbocycles. The van der Waals surface area contributed by atoms with Crippen molar-refractivity contribution in [3.05, 3.63) is 102 Å². The van der Waals surface area contributed by atoms with Crippen molar-refractivity contribution in [3.8, 4) is 17.0 Å². The van der Waals surface area contributed by atoms with Crippen LogP contribution in [-0.2, 0) is 19.8 Å². The van der Waals surface area contributed by atoms with Gasteiger partial charge >= 0.3 is 0 Å². The van der Waals surface area contributed by atoms with Gasteiger partial charge in [0.2, 0.25) is 17.7 Å². The summed E-state index contributed by atoms with van der Waals surface area (Å²) >= 11 is 0. The molecule has 2 N–H and O–H groups in total. The summed E-state index contributed by atoms with van der Waals surface area (Å²) in [6.45, 7) is 8.78. The minimum absolute atomic E-state index is 0.179. The Morgan fingerprint density at radius 3 is 2.32 bits per heavy atom. The normalized spacial score (nSPS) is 25.4. The quantitative estimate of drug-likeness (QED) is 0.216. The fraction of sp³-hybridized carbons (Fsp3) is 0.457. The van der Waals surface area contributed by atoms with Crippen molar-refractivity contribution in [1.82, 2.24) is 25.3 Å². The maximum absolute atomic E-state index is 15.2. The lowest BCUT2D eigenvalue weighted by atomic mass is 9.71. The fourth-order valence-electron chi connectivity index (χ4n) is 10.7. The van der Waals surface area contributed by atoms with Gasteiger partial charge in [0.1, 0.15) is 5.75 Å². The molecule has 3 unspecified atom stereocenters. The van der Waals surface area contributed by atoms with Gasteiger partial charge < -0.3 is 24.7 Å². The standard InChI is InChI=1S/C46H53N7O4/c1-31-25-34-29-50(28-32-17-21-51(22-18-32)36-13-11-33(12-14-36)38-15-16-43(55)48-44(38)56)30-41(34)53(31)45(57)46(35-7-3-2-4-8-35)19-23-52(24-20-46)37-26-40(49-47-27-37)39-9-5-6-10-42(39)54/h2-14,26-27,31-32,34,38,41,54H,15-25,28-30H2,1H3,(H,48,55,56)/t31?,34?,38-,41?/m1/s1. The Morgan fingerprint density at radius 1 is 0.860 bits per heavy atom. The first-order valence-electron chi connectivity index (χ1n) is 20.9. The van der Waals surface area contributed by atoms with E-state index >= 15 is 4.79 Å². The number of phenolic OH excluding ortho intramolecular Hbond substituents is 1. The number of nitrogens with one attached hydrogen (secondary N) is 1. The van der Waals surface area contributed by atoms with Crippen LogP contribution in [0.5, 0.6) is 5.75 Å². The van der Waals surface area contributed by atoms with Crippen LogP contribution in [0.2, 0.25) is 0 Å². The SMILES string of the molecule is CC1CC2CN(CC3CCN(c4ccc([C@H]5CCC(=O)NC5=O)cc4)CC3)CC2N1C(=O)C1(c2ccccc2)CCN(c2cnnc(-c3ccccc3O)c2)CC1. The molecular weight excluding hydrogens is 715 g/mol. The summed E-state index contributed by atoms with van der Waals surface area (Å²) in [7, 11) is 0. The average molecular weight is 768 g/mol.